The quantitative estimate of drug-likeness (QED) is 0.590. The first-order chi connectivity index (χ1) is 11.5. The van der Waals surface area contributed by atoms with Crippen LogP contribution in [-0.2, 0) is 29.0 Å². The van der Waals surface area contributed by atoms with Gasteiger partial charge in [0, 0.05) is 13.0 Å². The van der Waals surface area contributed by atoms with E-state index < -0.39 is 0 Å². The van der Waals surface area contributed by atoms with Crippen LogP contribution in [0.1, 0.15) is 35.1 Å². The molecular formula is C16H20N4O3S. The monoisotopic (exact) mass is 348 g/mol. The molecule has 128 valence electrons. The summed E-state index contributed by atoms with van der Waals surface area (Å²) in [7, 11) is 1.34. The molecule has 0 spiro atoms. The van der Waals surface area contributed by atoms with E-state index in [1.165, 1.54) is 7.11 Å². The van der Waals surface area contributed by atoms with Crippen molar-refractivity contribution in [2.45, 2.75) is 32.9 Å². The number of aromatic amines is 1. The summed E-state index contributed by atoms with van der Waals surface area (Å²) in [6, 6.07) is 6.88. The lowest BCUT2D eigenvalue weighted by Crippen LogP contribution is -2.28. The van der Waals surface area contributed by atoms with E-state index in [1.54, 1.807) is 28.8 Å². The first-order valence-electron chi connectivity index (χ1n) is 7.63. The van der Waals surface area contributed by atoms with Crippen molar-refractivity contribution in [3.05, 3.63) is 46.0 Å². The lowest BCUT2D eigenvalue weighted by Gasteiger charge is -2.08. The number of carbonyl (C=O) groups excluding carboxylic acids is 2. The summed E-state index contributed by atoms with van der Waals surface area (Å²) in [6.45, 7) is 2.54. The van der Waals surface area contributed by atoms with Crippen LogP contribution < -0.4 is 5.32 Å². The molecule has 0 aliphatic heterocycles. The van der Waals surface area contributed by atoms with Gasteiger partial charge in [0.1, 0.15) is 12.4 Å². The molecule has 1 heterocycles. The van der Waals surface area contributed by atoms with Crippen molar-refractivity contribution < 1.29 is 14.3 Å². The Bertz CT molecular complexity index is 764. The molecule has 0 saturated carbocycles. The largest absolute Gasteiger partial charge is 0.465 e. The molecule has 2 rings (SSSR count). The van der Waals surface area contributed by atoms with Gasteiger partial charge in [-0.3, -0.25) is 14.5 Å². The van der Waals surface area contributed by atoms with Gasteiger partial charge in [-0.1, -0.05) is 19.1 Å². The molecular weight excluding hydrogens is 328 g/mol. The number of esters is 1. The zero-order valence-corrected chi connectivity index (χ0v) is 14.5. The van der Waals surface area contributed by atoms with Gasteiger partial charge in [-0.15, -0.1) is 0 Å². The van der Waals surface area contributed by atoms with E-state index in [0.717, 1.165) is 24.2 Å². The fraction of sp³-hybridized carbons (Fsp3) is 0.375. The number of methoxy groups -OCH3 is 1. The van der Waals surface area contributed by atoms with Gasteiger partial charge in [0.05, 0.1) is 12.7 Å². The summed E-state index contributed by atoms with van der Waals surface area (Å²) in [5.41, 5.74) is 1.36. The minimum absolute atomic E-state index is 0.130. The lowest BCUT2D eigenvalue weighted by atomic mass is 10.1. The van der Waals surface area contributed by atoms with Crippen LogP contribution in [0.5, 0.6) is 0 Å². The first-order valence-corrected chi connectivity index (χ1v) is 8.04. The van der Waals surface area contributed by atoms with Gasteiger partial charge >= 0.3 is 5.97 Å². The molecule has 0 aliphatic rings. The number of nitrogens with zero attached hydrogens (tertiary/aromatic N) is 2. The van der Waals surface area contributed by atoms with Crippen LogP contribution in [-0.4, -0.2) is 33.8 Å². The highest BCUT2D eigenvalue weighted by Crippen LogP contribution is 2.06. The summed E-state index contributed by atoms with van der Waals surface area (Å²) >= 11 is 5.15. The Morgan fingerprint density at radius 2 is 2.04 bits per heavy atom. The highest BCUT2D eigenvalue weighted by molar-refractivity contribution is 7.71. The Morgan fingerprint density at radius 3 is 2.67 bits per heavy atom. The average molecular weight is 348 g/mol. The van der Waals surface area contributed by atoms with Crippen molar-refractivity contribution in [2.75, 3.05) is 7.11 Å². The van der Waals surface area contributed by atoms with E-state index >= 15 is 0 Å². The van der Waals surface area contributed by atoms with Crippen molar-refractivity contribution in [3.63, 3.8) is 0 Å². The predicted octanol–water partition coefficient (Wildman–Crippen LogP) is 2.00. The molecule has 2 N–H and O–H groups in total. The molecule has 0 radical (unpaired) electrons. The summed E-state index contributed by atoms with van der Waals surface area (Å²) in [5, 5.41) is 9.68. The molecule has 0 saturated heterocycles. The molecule has 0 unspecified atom stereocenters. The minimum Gasteiger partial charge on any atom is -0.465 e. The third-order valence-corrected chi connectivity index (χ3v) is 3.79. The van der Waals surface area contributed by atoms with Crippen LogP contribution in [0, 0.1) is 4.77 Å². The van der Waals surface area contributed by atoms with Crippen LogP contribution in [0.25, 0.3) is 0 Å². The van der Waals surface area contributed by atoms with Crippen molar-refractivity contribution >= 4 is 24.1 Å². The van der Waals surface area contributed by atoms with Crippen LogP contribution in [0.3, 0.4) is 0 Å². The SMILES string of the molecule is CCCc1n[nH]c(=S)n1CC(=O)NCc1ccc(C(=O)OC)cc1. The van der Waals surface area contributed by atoms with Gasteiger partial charge in [0.25, 0.3) is 0 Å². The highest BCUT2D eigenvalue weighted by atomic mass is 32.1. The second-order valence-corrected chi connectivity index (χ2v) is 5.63. The molecule has 0 atom stereocenters. The molecule has 24 heavy (non-hydrogen) atoms. The minimum atomic E-state index is -0.386. The molecule has 1 amide bonds. The maximum absolute atomic E-state index is 12.1. The zero-order chi connectivity index (χ0) is 17.5. The van der Waals surface area contributed by atoms with E-state index in [4.69, 9.17) is 12.2 Å². The average Bonchev–Trinajstić information content (AvgIpc) is 2.93. The van der Waals surface area contributed by atoms with Crippen LogP contribution in [0.2, 0.25) is 0 Å². The van der Waals surface area contributed by atoms with Crippen molar-refractivity contribution in [1.82, 2.24) is 20.1 Å². The van der Waals surface area contributed by atoms with Crippen molar-refractivity contribution in [1.29, 1.82) is 0 Å². The topological polar surface area (TPSA) is 89.0 Å². The maximum Gasteiger partial charge on any atom is 0.337 e. The second kappa shape index (κ2) is 8.39. The van der Waals surface area contributed by atoms with Crippen molar-refractivity contribution in [2.24, 2.45) is 0 Å². The summed E-state index contributed by atoms with van der Waals surface area (Å²) in [4.78, 5) is 23.5. The molecule has 7 nitrogen and oxygen atoms in total. The molecule has 0 fully saturated rings. The zero-order valence-electron chi connectivity index (χ0n) is 13.7. The normalized spacial score (nSPS) is 10.4. The number of amides is 1. The van der Waals surface area contributed by atoms with Gasteiger partial charge in [0.15, 0.2) is 4.77 Å². The van der Waals surface area contributed by atoms with E-state index in [9.17, 15) is 9.59 Å². The third kappa shape index (κ3) is 4.51. The number of carbonyl (C=O) groups is 2. The Hall–Kier alpha value is -2.48. The number of aryl methyl sites for hydroxylation is 1. The van der Waals surface area contributed by atoms with Gasteiger partial charge in [-0.2, -0.15) is 5.10 Å². The summed E-state index contributed by atoms with van der Waals surface area (Å²) in [5.74, 6) is 0.241. The number of nitrogens with one attached hydrogen (secondary N) is 2. The number of aromatic nitrogens is 3. The Balaban J connectivity index is 1.93. The van der Waals surface area contributed by atoms with Crippen LogP contribution in [0.15, 0.2) is 24.3 Å². The van der Waals surface area contributed by atoms with Gasteiger partial charge in [0.2, 0.25) is 5.91 Å². The Kier molecular flexibility index (Phi) is 6.25. The van der Waals surface area contributed by atoms with Gasteiger partial charge in [-0.25, -0.2) is 4.79 Å². The standard InChI is InChI=1S/C16H20N4O3S/c1-3-4-13-18-19-16(24)20(13)10-14(21)17-9-11-5-7-12(8-6-11)15(22)23-2/h5-8H,3-4,9-10H2,1-2H3,(H,17,21)(H,19,24). The molecule has 2 aromatic rings. The number of rotatable bonds is 7. The second-order valence-electron chi connectivity index (χ2n) is 5.25. The van der Waals surface area contributed by atoms with E-state index in [0.29, 0.717) is 16.9 Å². The lowest BCUT2D eigenvalue weighted by molar-refractivity contribution is -0.121. The number of benzene rings is 1. The number of H-pyrrole nitrogens is 1. The van der Waals surface area contributed by atoms with Crippen LogP contribution in [0.4, 0.5) is 0 Å². The summed E-state index contributed by atoms with van der Waals surface area (Å²) < 4.78 is 6.79. The van der Waals surface area contributed by atoms with Crippen molar-refractivity contribution in [3.8, 4) is 0 Å². The third-order valence-electron chi connectivity index (χ3n) is 3.48. The van der Waals surface area contributed by atoms with E-state index in [2.05, 4.69) is 20.3 Å². The van der Waals surface area contributed by atoms with E-state index in [1.807, 2.05) is 6.92 Å². The molecule has 0 aliphatic carbocycles. The molecule has 1 aromatic carbocycles. The fourth-order valence-corrected chi connectivity index (χ4v) is 2.42. The molecule has 8 heteroatoms. The highest BCUT2D eigenvalue weighted by Gasteiger charge is 2.10. The first kappa shape index (κ1) is 17.9. The molecule has 0 bridgehead atoms. The summed E-state index contributed by atoms with van der Waals surface area (Å²) in [6.07, 6.45) is 1.68. The number of hydrogen-bond acceptors (Lipinski definition) is 5. The maximum atomic E-state index is 12.1. The number of hydrogen-bond donors (Lipinski definition) is 2. The van der Waals surface area contributed by atoms with Gasteiger partial charge in [-0.05, 0) is 36.3 Å². The van der Waals surface area contributed by atoms with E-state index in [-0.39, 0.29) is 18.4 Å². The van der Waals surface area contributed by atoms with Gasteiger partial charge < -0.3 is 10.1 Å². The predicted molar refractivity (Wildman–Crippen MR) is 91.0 cm³/mol. The number of ether oxygens (including phenoxy) is 1. The Labute approximate surface area is 145 Å². The smallest absolute Gasteiger partial charge is 0.337 e. The molecule has 1 aromatic heterocycles. The van der Waals surface area contributed by atoms with Crippen LogP contribution >= 0.6 is 12.2 Å². The fourth-order valence-electron chi connectivity index (χ4n) is 2.20. The Morgan fingerprint density at radius 1 is 1.33 bits per heavy atom.